The highest BCUT2D eigenvalue weighted by Gasteiger charge is 2.13. The van der Waals surface area contributed by atoms with Crippen LogP contribution in [0.4, 0.5) is 0 Å². The van der Waals surface area contributed by atoms with Crippen molar-refractivity contribution >= 4 is 5.91 Å². The summed E-state index contributed by atoms with van der Waals surface area (Å²) in [5.41, 5.74) is 0.905. The van der Waals surface area contributed by atoms with Crippen LogP contribution in [0.2, 0.25) is 0 Å². The van der Waals surface area contributed by atoms with Gasteiger partial charge in [-0.1, -0.05) is 0 Å². The minimum atomic E-state index is 0.0125. The van der Waals surface area contributed by atoms with Crippen LogP contribution in [-0.2, 0) is 16.1 Å². The summed E-state index contributed by atoms with van der Waals surface area (Å²) in [6.07, 6.45) is 6.10. The van der Waals surface area contributed by atoms with E-state index in [0.29, 0.717) is 25.7 Å². The number of rotatable bonds is 6. The van der Waals surface area contributed by atoms with E-state index in [-0.39, 0.29) is 5.91 Å². The molecule has 1 aromatic rings. The van der Waals surface area contributed by atoms with Gasteiger partial charge in [0.15, 0.2) is 0 Å². The summed E-state index contributed by atoms with van der Waals surface area (Å²) >= 11 is 0. The first-order valence-corrected chi connectivity index (χ1v) is 6.41. The quantitative estimate of drug-likeness (QED) is 0.675. The first kappa shape index (κ1) is 13.0. The minimum Gasteiger partial charge on any atom is -0.378 e. The topological polar surface area (TPSA) is 79.0 Å². The Kier molecular flexibility index (Phi) is 5.16. The lowest BCUT2D eigenvalue weighted by atomic mass is 10.1. The largest absolute Gasteiger partial charge is 0.378 e. The van der Waals surface area contributed by atoms with E-state index in [9.17, 15) is 4.79 Å². The third-order valence-electron chi connectivity index (χ3n) is 3.00. The molecule has 1 fully saturated rings. The van der Waals surface area contributed by atoms with Gasteiger partial charge >= 0.3 is 0 Å². The number of hydrogen-bond donors (Lipinski definition) is 3. The molecule has 0 saturated carbocycles. The van der Waals surface area contributed by atoms with E-state index in [0.717, 1.165) is 31.6 Å². The van der Waals surface area contributed by atoms with E-state index < -0.39 is 0 Å². The summed E-state index contributed by atoms with van der Waals surface area (Å²) in [4.78, 5) is 18.4. The number of carbonyl (C=O) groups is 1. The summed E-state index contributed by atoms with van der Waals surface area (Å²) in [7, 11) is 0. The van der Waals surface area contributed by atoms with Crippen molar-refractivity contribution in [3.63, 3.8) is 0 Å². The molecule has 0 atom stereocenters. The minimum absolute atomic E-state index is 0.0125. The van der Waals surface area contributed by atoms with Crippen LogP contribution in [-0.4, -0.2) is 41.7 Å². The zero-order valence-electron chi connectivity index (χ0n) is 10.4. The molecule has 1 saturated heterocycles. The number of aromatic nitrogens is 2. The van der Waals surface area contributed by atoms with Crippen molar-refractivity contribution < 1.29 is 9.53 Å². The second-order valence-electron chi connectivity index (χ2n) is 4.42. The number of carbonyl (C=O) groups excluding carboxylic acids is 1. The highest BCUT2D eigenvalue weighted by atomic mass is 16.5. The third-order valence-corrected chi connectivity index (χ3v) is 3.00. The van der Waals surface area contributed by atoms with Crippen LogP contribution in [0.25, 0.3) is 0 Å². The van der Waals surface area contributed by atoms with Crippen LogP contribution in [0.1, 0.15) is 25.0 Å². The molecule has 0 radical (unpaired) electrons. The lowest BCUT2D eigenvalue weighted by Crippen LogP contribution is -2.33. The molecular weight excluding hydrogens is 232 g/mol. The number of amides is 1. The number of hydrogen-bond acceptors (Lipinski definition) is 4. The maximum atomic E-state index is 11.5. The summed E-state index contributed by atoms with van der Waals surface area (Å²) in [5.74, 6) is 0.0125. The Bertz CT molecular complexity index is 347. The van der Waals surface area contributed by atoms with Gasteiger partial charge in [-0.25, -0.2) is 4.98 Å². The number of nitrogens with zero attached hydrogens (tertiary/aromatic N) is 1. The van der Waals surface area contributed by atoms with Crippen molar-refractivity contribution in [1.29, 1.82) is 0 Å². The molecule has 3 N–H and O–H groups in total. The molecule has 1 aromatic heterocycles. The Morgan fingerprint density at radius 2 is 2.33 bits per heavy atom. The Morgan fingerprint density at radius 3 is 3.06 bits per heavy atom. The lowest BCUT2D eigenvalue weighted by molar-refractivity contribution is -0.122. The van der Waals surface area contributed by atoms with Gasteiger partial charge in [0, 0.05) is 12.6 Å². The van der Waals surface area contributed by atoms with Crippen LogP contribution in [0.3, 0.4) is 0 Å². The molecule has 0 unspecified atom stereocenters. The van der Waals surface area contributed by atoms with E-state index in [1.54, 1.807) is 12.5 Å². The van der Waals surface area contributed by atoms with Crippen molar-refractivity contribution in [1.82, 2.24) is 20.6 Å². The number of ether oxygens (including phenoxy) is 1. The maximum absolute atomic E-state index is 11.5. The fourth-order valence-corrected chi connectivity index (χ4v) is 1.94. The van der Waals surface area contributed by atoms with Gasteiger partial charge in [0.05, 0.1) is 31.3 Å². The van der Waals surface area contributed by atoms with Gasteiger partial charge in [-0.3, -0.25) is 4.79 Å². The molecule has 100 valence electrons. The van der Waals surface area contributed by atoms with E-state index in [4.69, 9.17) is 4.74 Å². The highest BCUT2D eigenvalue weighted by Crippen LogP contribution is 2.07. The fraction of sp³-hybridized carbons (Fsp3) is 0.667. The van der Waals surface area contributed by atoms with Gasteiger partial charge in [0.1, 0.15) is 0 Å². The van der Waals surface area contributed by atoms with Crippen molar-refractivity contribution in [3.8, 4) is 0 Å². The maximum Gasteiger partial charge on any atom is 0.222 e. The summed E-state index contributed by atoms with van der Waals surface area (Å²) in [6.45, 7) is 3.01. The fourth-order valence-electron chi connectivity index (χ4n) is 1.94. The zero-order chi connectivity index (χ0) is 12.6. The van der Waals surface area contributed by atoms with Crippen LogP contribution < -0.4 is 10.6 Å². The molecular formula is C12H20N4O2. The first-order chi connectivity index (χ1) is 8.84. The first-order valence-electron chi connectivity index (χ1n) is 6.41. The second kappa shape index (κ2) is 7.13. The van der Waals surface area contributed by atoms with Gasteiger partial charge in [-0.05, 0) is 25.9 Å². The van der Waals surface area contributed by atoms with Crippen molar-refractivity contribution in [2.75, 3.05) is 19.7 Å². The molecule has 1 amide bonds. The Balaban J connectivity index is 1.54. The van der Waals surface area contributed by atoms with Crippen molar-refractivity contribution in [2.24, 2.45) is 0 Å². The van der Waals surface area contributed by atoms with Gasteiger partial charge in [0.25, 0.3) is 0 Å². The van der Waals surface area contributed by atoms with Gasteiger partial charge < -0.3 is 20.4 Å². The highest BCUT2D eigenvalue weighted by molar-refractivity contribution is 5.75. The number of imidazole rings is 1. The SMILES string of the molecule is O=C(CCOC1CCNCC1)NCc1cnc[nH]1. The van der Waals surface area contributed by atoms with Crippen LogP contribution >= 0.6 is 0 Å². The van der Waals surface area contributed by atoms with Crippen LogP contribution in [0, 0.1) is 0 Å². The monoisotopic (exact) mass is 252 g/mol. The van der Waals surface area contributed by atoms with Gasteiger partial charge in [-0.15, -0.1) is 0 Å². The average Bonchev–Trinajstić information content (AvgIpc) is 2.91. The van der Waals surface area contributed by atoms with Crippen LogP contribution in [0.5, 0.6) is 0 Å². The van der Waals surface area contributed by atoms with E-state index >= 15 is 0 Å². The molecule has 6 nitrogen and oxygen atoms in total. The summed E-state index contributed by atoms with van der Waals surface area (Å²) < 4.78 is 5.67. The Hall–Kier alpha value is -1.40. The predicted molar refractivity (Wildman–Crippen MR) is 66.9 cm³/mol. The molecule has 2 rings (SSSR count). The lowest BCUT2D eigenvalue weighted by Gasteiger charge is -2.22. The van der Waals surface area contributed by atoms with E-state index in [1.807, 2.05) is 0 Å². The third kappa shape index (κ3) is 4.46. The van der Waals surface area contributed by atoms with Crippen molar-refractivity contribution in [2.45, 2.75) is 31.9 Å². The number of piperidine rings is 1. The molecule has 1 aliphatic heterocycles. The zero-order valence-corrected chi connectivity index (χ0v) is 10.4. The van der Waals surface area contributed by atoms with E-state index in [2.05, 4.69) is 20.6 Å². The second-order valence-corrected chi connectivity index (χ2v) is 4.42. The molecule has 2 heterocycles. The standard InChI is InChI=1S/C12H20N4O2/c17-12(15-8-10-7-14-9-16-10)3-6-18-11-1-4-13-5-2-11/h7,9,11,13H,1-6,8H2,(H,14,16)(H,15,17). The van der Waals surface area contributed by atoms with Crippen LogP contribution in [0.15, 0.2) is 12.5 Å². The molecule has 0 aromatic carbocycles. The molecule has 18 heavy (non-hydrogen) atoms. The molecule has 0 bridgehead atoms. The number of aromatic amines is 1. The van der Waals surface area contributed by atoms with Gasteiger partial charge in [0.2, 0.25) is 5.91 Å². The number of nitrogens with one attached hydrogen (secondary N) is 3. The molecule has 0 aliphatic carbocycles. The molecule has 0 spiro atoms. The van der Waals surface area contributed by atoms with E-state index in [1.165, 1.54) is 0 Å². The van der Waals surface area contributed by atoms with Crippen molar-refractivity contribution in [3.05, 3.63) is 18.2 Å². The molecule has 1 aliphatic rings. The average molecular weight is 252 g/mol. The smallest absolute Gasteiger partial charge is 0.222 e. The summed E-state index contributed by atoms with van der Waals surface area (Å²) in [5, 5.41) is 6.10. The number of H-pyrrole nitrogens is 1. The predicted octanol–water partition coefficient (Wildman–Crippen LogP) is 0.185. The summed E-state index contributed by atoms with van der Waals surface area (Å²) in [6, 6.07) is 0. The Morgan fingerprint density at radius 1 is 1.50 bits per heavy atom. The molecule has 6 heteroatoms. The Labute approximate surface area is 107 Å². The normalized spacial score (nSPS) is 16.7. The van der Waals surface area contributed by atoms with Gasteiger partial charge in [-0.2, -0.15) is 0 Å².